The molecule has 0 spiro atoms. The lowest BCUT2D eigenvalue weighted by Gasteiger charge is -2.12. The number of nitrogens with zero attached hydrogens (tertiary/aromatic N) is 5. The molecule has 0 fully saturated rings. The molecule has 2 heterocycles. The Morgan fingerprint density at radius 1 is 0.183 bits per heavy atom. The fraction of sp³-hybridized carbons (Fsp3) is 0. The van der Waals surface area contributed by atoms with E-state index in [1.165, 1.54) is 16.7 Å². The Labute approximate surface area is 349 Å². The average molecular weight is 768 g/mol. The normalized spacial score (nSPS) is 11.0. The Balaban J connectivity index is 0.982. The van der Waals surface area contributed by atoms with Gasteiger partial charge in [0.2, 0.25) is 0 Å². The Hall–Kier alpha value is -8.15. The second kappa shape index (κ2) is 16.4. The van der Waals surface area contributed by atoms with Crippen LogP contribution in [-0.2, 0) is 0 Å². The SMILES string of the molecule is c1ccc(-c2cc(-c3cccc(-c4ccc(-c5nc(-c6ccccc6)nc(-c6ccc(-c7ccccc7-c7ccccc7)cc6)n5)cc4)c3)nc(-c3ccccc3)n2)cc1. The van der Waals surface area contributed by atoms with Crippen LogP contribution in [0.3, 0.4) is 0 Å². The van der Waals surface area contributed by atoms with Crippen molar-refractivity contribution in [1.29, 1.82) is 0 Å². The Morgan fingerprint density at radius 2 is 0.500 bits per heavy atom. The van der Waals surface area contributed by atoms with Crippen molar-refractivity contribution < 1.29 is 0 Å². The van der Waals surface area contributed by atoms with E-state index in [1.54, 1.807) is 0 Å². The number of hydrogen-bond acceptors (Lipinski definition) is 5. The van der Waals surface area contributed by atoms with E-state index in [-0.39, 0.29) is 0 Å². The standard InChI is InChI=1S/C55H37N5/c1-5-16-39(17-6-1)48-26-13-14-27-49(48)40-30-34-45(35-31-40)55-59-53(43-22-11-4-12-23-43)58-54(60-55)44-32-28-38(29-33-44)46-24-15-25-47(36-46)51-37-50(41-18-7-2-8-19-41)56-52(57-51)42-20-9-3-10-21-42/h1-37H. The molecule has 0 aliphatic heterocycles. The summed E-state index contributed by atoms with van der Waals surface area (Å²) in [5.41, 5.74) is 14.4. The lowest BCUT2D eigenvalue weighted by atomic mass is 9.94. The highest BCUT2D eigenvalue weighted by Gasteiger charge is 2.15. The third kappa shape index (κ3) is 7.63. The minimum absolute atomic E-state index is 0.612. The van der Waals surface area contributed by atoms with E-state index in [0.717, 1.165) is 61.5 Å². The minimum Gasteiger partial charge on any atom is -0.228 e. The molecular weight excluding hydrogens is 731 g/mol. The van der Waals surface area contributed by atoms with Crippen LogP contribution in [0.25, 0.3) is 101 Å². The van der Waals surface area contributed by atoms with Crippen LogP contribution in [0.2, 0.25) is 0 Å². The first kappa shape index (κ1) is 36.2. The van der Waals surface area contributed by atoms with E-state index >= 15 is 0 Å². The van der Waals surface area contributed by atoms with Gasteiger partial charge in [-0.2, -0.15) is 0 Å². The van der Waals surface area contributed by atoms with E-state index < -0.39 is 0 Å². The maximum absolute atomic E-state index is 5.06. The van der Waals surface area contributed by atoms with Gasteiger partial charge in [-0.05, 0) is 45.5 Å². The van der Waals surface area contributed by atoms with Gasteiger partial charge in [0, 0.05) is 33.4 Å². The third-order valence-electron chi connectivity index (χ3n) is 10.6. The summed E-state index contributed by atoms with van der Waals surface area (Å²) in [6.45, 7) is 0. The van der Waals surface area contributed by atoms with Crippen molar-refractivity contribution in [3.63, 3.8) is 0 Å². The van der Waals surface area contributed by atoms with Gasteiger partial charge < -0.3 is 0 Å². The highest BCUT2D eigenvalue weighted by atomic mass is 15.0. The van der Waals surface area contributed by atoms with Gasteiger partial charge in [-0.25, -0.2) is 24.9 Å². The molecule has 0 atom stereocenters. The highest BCUT2D eigenvalue weighted by Crippen LogP contribution is 2.35. The molecule has 282 valence electrons. The number of benzene rings is 8. The van der Waals surface area contributed by atoms with E-state index in [1.807, 2.05) is 84.9 Å². The van der Waals surface area contributed by atoms with Crippen molar-refractivity contribution in [1.82, 2.24) is 24.9 Å². The van der Waals surface area contributed by atoms with Crippen LogP contribution in [0.1, 0.15) is 0 Å². The lowest BCUT2D eigenvalue weighted by molar-refractivity contribution is 1.07. The molecule has 10 aromatic rings. The van der Waals surface area contributed by atoms with Crippen LogP contribution in [0.5, 0.6) is 0 Å². The van der Waals surface area contributed by atoms with Crippen LogP contribution in [-0.4, -0.2) is 24.9 Å². The summed E-state index contributed by atoms with van der Waals surface area (Å²) in [5, 5.41) is 0. The van der Waals surface area contributed by atoms with Crippen molar-refractivity contribution in [3.8, 4) is 101 Å². The van der Waals surface area contributed by atoms with Crippen molar-refractivity contribution in [2.24, 2.45) is 0 Å². The molecule has 2 aromatic heterocycles. The molecule has 0 unspecified atom stereocenters. The summed E-state index contributed by atoms with van der Waals surface area (Å²) in [5.74, 6) is 2.55. The first-order chi connectivity index (χ1) is 29.7. The van der Waals surface area contributed by atoms with Gasteiger partial charge in [0.15, 0.2) is 23.3 Å². The molecule has 8 aromatic carbocycles. The van der Waals surface area contributed by atoms with Gasteiger partial charge in [-0.3, -0.25) is 0 Å². The number of hydrogen-bond donors (Lipinski definition) is 0. The summed E-state index contributed by atoms with van der Waals surface area (Å²) in [6.07, 6.45) is 0. The molecule has 5 heteroatoms. The highest BCUT2D eigenvalue weighted by molar-refractivity contribution is 5.84. The second-order valence-electron chi connectivity index (χ2n) is 14.5. The Morgan fingerprint density at radius 3 is 1.00 bits per heavy atom. The van der Waals surface area contributed by atoms with E-state index in [2.05, 4.69) is 140 Å². The summed E-state index contributed by atoms with van der Waals surface area (Å²) in [6, 6.07) is 77.0. The summed E-state index contributed by atoms with van der Waals surface area (Å²) < 4.78 is 0. The smallest absolute Gasteiger partial charge is 0.164 e. The molecule has 0 aliphatic rings. The summed E-state index contributed by atoms with van der Waals surface area (Å²) in [7, 11) is 0. The van der Waals surface area contributed by atoms with Gasteiger partial charge in [0.1, 0.15) is 0 Å². The number of rotatable bonds is 9. The summed E-state index contributed by atoms with van der Waals surface area (Å²) >= 11 is 0. The average Bonchev–Trinajstić information content (AvgIpc) is 3.35. The first-order valence-corrected chi connectivity index (χ1v) is 20.0. The van der Waals surface area contributed by atoms with Crippen molar-refractivity contribution in [2.45, 2.75) is 0 Å². The topological polar surface area (TPSA) is 64.5 Å². The van der Waals surface area contributed by atoms with Crippen LogP contribution < -0.4 is 0 Å². The van der Waals surface area contributed by atoms with Gasteiger partial charge >= 0.3 is 0 Å². The van der Waals surface area contributed by atoms with Gasteiger partial charge in [0.05, 0.1) is 11.4 Å². The van der Waals surface area contributed by atoms with Gasteiger partial charge in [-0.1, -0.05) is 212 Å². The minimum atomic E-state index is 0.612. The van der Waals surface area contributed by atoms with Crippen LogP contribution in [0.15, 0.2) is 224 Å². The molecule has 0 saturated heterocycles. The molecule has 5 nitrogen and oxygen atoms in total. The molecule has 0 N–H and O–H groups in total. The van der Waals surface area contributed by atoms with E-state index in [0.29, 0.717) is 23.3 Å². The van der Waals surface area contributed by atoms with Crippen LogP contribution >= 0.6 is 0 Å². The molecule has 0 aliphatic carbocycles. The molecule has 0 saturated carbocycles. The monoisotopic (exact) mass is 767 g/mol. The number of aromatic nitrogens is 5. The maximum Gasteiger partial charge on any atom is 0.164 e. The molecule has 0 bridgehead atoms. The maximum atomic E-state index is 5.06. The molecule has 0 amide bonds. The Kier molecular flexibility index (Phi) is 9.88. The summed E-state index contributed by atoms with van der Waals surface area (Å²) in [4.78, 5) is 25.1. The van der Waals surface area contributed by atoms with Crippen molar-refractivity contribution in [2.75, 3.05) is 0 Å². The van der Waals surface area contributed by atoms with Crippen molar-refractivity contribution >= 4 is 0 Å². The van der Waals surface area contributed by atoms with Crippen LogP contribution in [0.4, 0.5) is 0 Å². The van der Waals surface area contributed by atoms with E-state index in [9.17, 15) is 0 Å². The largest absolute Gasteiger partial charge is 0.228 e. The fourth-order valence-corrected chi connectivity index (χ4v) is 7.49. The van der Waals surface area contributed by atoms with Gasteiger partial charge in [0.25, 0.3) is 0 Å². The molecule has 0 radical (unpaired) electrons. The zero-order valence-electron chi connectivity index (χ0n) is 32.6. The zero-order valence-corrected chi connectivity index (χ0v) is 32.6. The van der Waals surface area contributed by atoms with Crippen LogP contribution in [0, 0.1) is 0 Å². The predicted octanol–water partition coefficient (Wildman–Crippen LogP) is 13.7. The van der Waals surface area contributed by atoms with Gasteiger partial charge in [-0.15, -0.1) is 0 Å². The lowest BCUT2D eigenvalue weighted by Crippen LogP contribution is -2.00. The zero-order chi connectivity index (χ0) is 40.1. The second-order valence-corrected chi connectivity index (χ2v) is 14.5. The third-order valence-corrected chi connectivity index (χ3v) is 10.6. The molecular formula is C55H37N5. The molecule has 10 rings (SSSR count). The van der Waals surface area contributed by atoms with E-state index in [4.69, 9.17) is 24.9 Å². The molecule has 60 heavy (non-hydrogen) atoms. The quantitative estimate of drug-likeness (QED) is 0.146. The predicted molar refractivity (Wildman–Crippen MR) is 244 cm³/mol. The fourth-order valence-electron chi connectivity index (χ4n) is 7.49. The first-order valence-electron chi connectivity index (χ1n) is 20.0. The van der Waals surface area contributed by atoms with Crippen molar-refractivity contribution in [3.05, 3.63) is 224 Å². The Bertz CT molecular complexity index is 2990.